The lowest BCUT2D eigenvalue weighted by atomic mass is 10.2. The van der Waals surface area contributed by atoms with E-state index in [1.165, 1.54) is 6.07 Å². The molecule has 0 fully saturated rings. The molecule has 0 radical (unpaired) electrons. The van der Waals surface area contributed by atoms with Gasteiger partial charge in [-0.15, -0.1) is 0 Å². The van der Waals surface area contributed by atoms with Crippen molar-refractivity contribution in [3.63, 3.8) is 0 Å². The number of carboxylic acid groups (broad SMARTS) is 1. The van der Waals surface area contributed by atoms with Crippen LogP contribution in [0.25, 0.3) is 0 Å². The van der Waals surface area contributed by atoms with Crippen LogP contribution in [0.15, 0.2) is 42.5 Å². The van der Waals surface area contributed by atoms with Crippen LogP contribution in [0.2, 0.25) is 0 Å². The highest BCUT2D eigenvalue weighted by molar-refractivity contribution is 5.92. The Morgan fingerprint density at radius 2 is 1.95 bits per heavy atom. The molecule has 2 rings (SSSR count). The summed E-state index contributed by atoms with van der Waals surface area (Å²) in [5, 5.41) is 9.17. The number of ether oxygens (including phenoxy) is 1. The fourth-order valence-corrected chi connectivity index (χ4v) is 1.76. The van der Waals surface area contributed by atoms with E-state index in [1.807, 2.05) is 37.2 Å². The molecule has 0 saturated carbocycles. The van der Waals surface area contributed by atoms with Crippen molar-refractivity contribution in [1.82, 2.24) is 0 Å². The molecule has 0 bridgehead atoms. The van der Waals surface area contributed by atoms with Gasteiger partial charge in [0, 0.05) is 31.5 Å². The summed E-state index contributed by atoms with van der Waals surface area (Å²) in [6, 6.07) is 11.9. The molecule has 5 heteroatoms. The third-order valence-corrected chi connectivity index (χ3v) is 2.80. The Morgan fingerprint density at radius 1 is 1.20 bits per heavy atom. The zero-order chi connectivity index (χ0) is 14.7. The average Bonchev–Trinajstić information content (AvgIpc) is 2.41. The Balaban J connectivity index is 2.35. The fraction of sp³-hybridized carbons (Fsp3) is 0.133. The second kappa shape index (κ2) is 5.52. The third kappa shape index (κ3) is 3.00. The maximum absolute atomic E-state index is 11.2. The lowest BCUT2D eigenvalue weighted by molar-refractivity contribution is 0.0694. The first-order valence-electron chi connectivity index (χ1n) is 6.05. The summed E-state index contributed by atoms with van der Waals surface area (Å²) < 4.78 is 5.65. The molecule has 5 nitrogen and oxygen atoms in total. The predicted molar refractivity (Wildman–Crippen MR) is 78.7 cm³/mol. The number of benzene rings is 2. The van der Waals surface area contributed by atoms with Crippen molar-refractivity contribution in [1.29, 1.82) is 0 Å². The summed E-state index contributed by atoms with van der Waals surface area (Å²) in [6.07, 6.45) is 0. The minimum absolute atomic E-state index is 0.0419. The third-order valence-electron chi connectivity index (χ3n) is 2.80. The average molecular weight is 272 g/mol. The molecule has 0 spiro atoms. The van der Waals surface area contributed by atoms with Crippen LogP contribution in [0.4, 0.5) is 11.4 Å². The molecule has 0 aliphatic rings. The van der Waals surface area contributed by atoms with Gasteiger partial charge >= 0.3 is 5.97 Å². The fourth-order valence-electron chi connectivity index (χ4n) is 1.76. The van der Waals surface area contributed by atoms with Gasteiger partial charge in [0.2, 0.25) is 0 Å². The molecule has 2 aromatic carbocycles. The number of nitrogen functional groups attached to an aromatic ring is 1. The molecule has 0 atom stereocenters. The van der Waals surface area contributed by atoms with E-state index in [9.17, 15) is 4.79 Å². The van der Waals surface area contributed by atoms with Gasteiger partial charge in [-0.25, -0.2) is 4.79 Å². The van der Waals surface area contributed by atoms with Crippen molar-refractivity contribution in [3.05, 3.63) is 48.0 Å². The molecule has 2 aromatic rings. The van der Waals surface area contributed by atoms with E-state index in [-0.39, 0.29) is 11.3 Å². The van der Waals surface area contributed by atoms with E-state index in [1.54, 1.807) is 18.2 Å². The molecular formula is C15H16N2O3. The Hall–Kier alpha value is -2.69. The Kier molecular flexibility index (Phi) is 3.79. The molecule has 20 heavy (non-hydrogen) atoms. The predicted octanol–water partition coefficient (Wildman–Crippen LogP) is 2.83. The number of anilines is 2. The summed E-state index contributed by atoms with van der Waals surface area (Å²) >= 11 is 0. The van der Waals surface area contributed by atoms with Crippen LogP contribution in [-0.2, 0) is 0 Å². The highest BCUT2D eigenvalue weighted by Crippen LogP contribution is 2.29. The summed E-state index contributed by atoms with van der Waals surface area (Å²) in [7, 11) is 3.84. The standard InChI is InChI=1S/C15H16N2O3/c1-17(2)11-4-3-5-12(9-11)20-14-7-6-10(16)8-13(14)15(18)19/h3-9H,16H2,1-2H3,(H,18,19). The van der Waals surface area contributed by atoms with Crippen LogP contribution in [0, 0.1) is 0 Å². The van der Waals surface area contributed by atoms with Gasteiger partial charge in [0.25, 0.3) is 0 Å². The van der Waals surface area contributed by atoms with E-state index < -0.39 is 5.97 Å². The van der Waals surface area contributed by atoms with Gasteiger partial charge in [0.05, 0.1) is 0 Å². The Labute approximate surface area is 117 Å². The topological polar surface area (TPSA) is 75.8 Å². The van der Waals surface area contributed by atoms with E-state index in [0.717, 1.165) is 5.69 Å². The Morgan fingerprint density at radius 3 is 2.60 bits per heavy atom. The molecule has 0 aliphatic heterocycles. The number of nitrogens with two attached hydrogens (primary N) is 1. The van der Waals surface area contributed by atoms with Crippen LogP contribution < -0.4 is 15.4 Å². The first kappa shape index (κ1) is 13.7. The smallest absolute Gasteiger partial charge is 0.339 e. The summed E-state index contributed by atoms with van der Waals surface area (Å²) in [6.45, 7) is 0. The highest BCUT2D eigenvalue weighted by atomic mass is 16.5. The van der Waals surface area contributed by atoms with Crippen LogP contribution in [0.5, 0.6) is 11.5 Å². The number of hydrogen-bond acceptors (Lipinski definition) is 4. The lowest BCUT2D eigenvalue weighted by Crippen LogP contribution is -2.08. The number of carboxylic acids is 1. The minimum atomic E-state index is -1.07. The van der Waals surface area contributed by atoms with Gasteiger partial charge in [-0.3, -0.25) is 0 Å². The zero-order valence-corrected chi connectivity index (χ0v) is 11.3. The van der Waals surface area contributed by atoms with Gasteiger partial charge < -0.3 is 20.5 Å². The molecule has 3 N–H and O–H groups in total. The second-order valence-electron chi connectivity index (χ2n) is 4.55. The number of carbonyl (C=O) groups is 1. The van der Waals surface area contributed by atoms with Crippen LogP contribution >= 0.6 is 0 Å². The second-order valence-corrected chi connectivity index (χ2v) is 4.55. The molecule has 0 amide bonds. The van der Waals surface area contributed by atoms with E-state index in [4.69, 9.17) is 15.6 Å². The van der Waals surface area contributed by atoms with Crippen molar-refractivity contribution in [2.45, 2.75) is 0 Å². The minimum Gasteiger partial charge on any atom is -0.478 e. The van der Waals surface area contributed by atoms with Gasteiger partial charge in [0.1, 0.15) is 17.1 Å². The number of nitrogens with zero attached hydrogens (tertiary/aromatic N) is 1. The van der Waals surface area contributed by atoms with Gasteiger partial charge in [-0.1, -0.05) is 6.07 Å². The van der Waals surface area contributed by atoms with Crippen molar-refractivity contribution >= 4 is 17.3 Å². The summed E-state index contributed by atoms with van der Waals surface area (Å²) in [5.74, 6) is -0.234. The largest absolute Gasteiger partial charge is 0.478 e. The maximum Gasteiger partial charge on any atom is 0.339 e. The molecule has 0 unspecified atom stereocenters. The highest BCUT2D eigenvalue weighted by Gasteiger charge is 2.12. The number of hydrogen-bond donors (Lipinski definition) is 2. The molecule has 0 aromatic heterocycles. The maximum atomic E-state index is 11.2. The molecule has 0 aliphatic carbocycles. The van der Waals surface area contributed by atoms with Crippen molar-refractivity contribution in [2.24, 2.45) is 0 Å². The summed E-state index contributed by atoms with van der Waals surface area (Å²) in [4.78, 5) is 13.1. The van der Waals surface area contributed by atoms with Crippen LogP contribution in [0.3, 0.4) is 0 Å². The monoisotopic (exact) mass is 272 g/mol. The first-order chi connectivity index (χ1) is 9.47. The zero-order valence-electron chi connectivity index (χ0n) is 11.3. The summed E-state index contributed by atoms with van der Waals surface area (Å²) in [5.41, 5.74) is 6.99. The quantitative estimate of drug-likeness (QED) is 0.837. The number of aromatic carboxylic acids is 1. The van der Waals surface area contributed by atoms with Gasteiger partial charge in [0.15, 0.2) is 0 Å². The van der Waals surface area contributed by atoms with Gasteiger partial charge in [-0.2, -0.15) is 0 Å². The van der Waals surface area contributed by atoms with E-state index in [2.05, 4.69) is 0 Å². The molecular weight excluding hydrogens is 256 g/mol. The normalized spacial score (nSPS) is 10.1. The van der Waals surface area contributed by atoms with Crippen molar-refractivity contribution < 1.29 is 14.6 Å². The number of rotatable bonds is 4. The molecule has 104 valence electrons. The van der Waals surface area contributed by atoms with E-state index >= 15 is 0 Å². The van der Waals surface area contributed by atoms with Crippen molar-refractivity contribution in [3.8, 4) is 11.5 Å². The molecule has 0 heterocycles. The van der Waals surface area contributed by atoms with Crippen molar-refractivity contribution in [2.75, 3.05) is 24.7 Å². The molecule has 0 saturated heterocycles. The van der Waals surface area contributed by atoms with Crippen LogP contribution in [-0.4, -0.2) is 25.2 Å². The lowest BCUT2D eigenvalue weighted by Gasteiger charge is -2.14. The Bertz CT molecular complexity index is 639. The van der Waals surface area contributed by atoms with Gasteiger partial charge in [-0.05, 0) is 30.3 Å². The van der Waals surface area contributed by atoms with Crippen LogP contribution in [0.1, 0.15) is 10.4 Å². The SMILES string of the molecule is CN(C)c1cccc(Oc2ccc(N)cc2C(=O)O)c1. The van der Waals surface area contributed by atoms with E-state index in [0.29, 0.717) is 11.4 Å². The first-order valence-corrected chi connectivity index (χ1v) is 6.05.